The van der Waals surface area contributed by atoms with E-state index in [-0.39, 0.29) is 0 Å². The Kier molecular flexibility index (Phi) is 6.86. The first-order valence-corrected chi connectivity index (χ1v) is 8.60. The largest absolute Gasteiger partial charge is 0.370 e. The molecular formula is C15H29N4OS+. The second-order valence-electron chi connectivity index (χ2n) is 6.25. The highest BCUT2D eigenvalue weighted by molar-refractivity contribution is 7.80. The molecule has 2 fully saturated rings. The third-order valence-electron chi connectivity index (χ3n) is 4.53. The van der Waals surface area contributed by atoms with E-state index in [4.69, 9.17) is 17.0 Å². The van der Waals surface area contributed by atoms with Gasteiger partial charge in [0.15, 0.2) is 5.11 Å². The lowest BCUT2D eigenvalue weighted by molar-refractivity contribution is -0.906. The van der Waals surface area contributed by atoms with Crippen LogP contribution in [-0.2, 0) is 4.74 Å². The maximum atomic E-state index is 5.36. The van der Waals surface area contributed by atoms with Crippen molar-refractivity contribution in [3.63, 3.8) is 0 Å². The second kappa shape index (κ2) is 8.66. The lowest BCUT2D eigenvalue weighted by Crippen LogP contribution is -3.14. The molecule has 21 heavy (non-hydrogen) atoms. The Morgan fingerprint density at radius 3 is 2.62 bits per heavy atom. The summed E-state index contributed by atoms with van der Waals surface area (Å²) in [4.78, 5) is 1.58. The van der Waals surface area contributed by atoms with Crippen LogP contribution in [0, 0.1) is 11.8 Å². The van der Waals surface area contributed by atoms with E-state index in [1.54, 1.807) is 4.90 Å². The molecule has 2 rings (SSSR count). The summed E-state index contributed by atoms with van der Waals surface area (Å²) in [5.74, 6) is 1.14. The molecule has 1 heterocycles. The molecule has 0 aromatic heterocycles. The van der Waals surface area contributed by atoms with Crippen LogP contribution in [0.1, 0.15) is 33.1 Å². The van der Waals surface area contributed by atoms with Crippen LogP contribution in [0.2, 0.25) is 0 Å². The summed E-state index contributed by atoms with van der Waals surface area (Å²) in [6, 6.07) is 0. The molecular weight excluding hydrogens is 284 g/mol. The lowest BCUT2D eigenvalue weighted by Gasteiger charge is -2.26. The molecule has 1 aliphatic carbocycles. The maximum Gasteiger partial charge on any atom is 0.187 e. The zero-order valence-electron chi connectivity index (χ0n) is 13.3. The number of rotatable bonds is 4. The van der Waals surface area contributed by atoms with E-state index >= 15 is 0 Å². The molecule has 2 atom stereocenters. The van der Waals surface area contributed by atoms with Gasteiger partial charge in [-0.1, -0.05) is 20.3 Å². The fraction of sp³-hybridized carbons (Fsp3) is 0.867. The molecule has 3 N–H and O–H groups in total. The normalized spacial score (nSPS) is 29.3. The Hall–Kier alpha value is -0.720. The number of nitrogens with one attached hydrogen (secondary N) is 3. The van der Waals surface area contributed by atoms with E-state index in [0.717, 1.165) is 39.4 Å². The third-order valence-corrected chi connectivity index (χ3v) is 4.77. The standard InChI is InChI=1S/C15H28N4OS/c1-12-4-3-5-13(2)14(12)17-18-15(21)16-6-7-19-8-10-20-11-9-19/h12-13H,3-11H2,1-2H3,(H2,16,18,21)/p+1/t12-,13+. The summed E-state index contributed by atoms with van der Waals surface area (Å²) in [6.07, 6.45) is 3.79. The van der Waals surface area contributed by atoms with Crippen LogP contribution < -0.4 is 15.6 Å². The highest BCUT2D eigenvalue weighted by Crippen LogP contribution is 2.25. The topological polar surface area (TPSA) is 50.1 Å². The van der Waals surface area contributed by atoms with Gasteiger partial charge in [0.05, 0.1) is 26.3 Å². The third kappa shape index (κ3) is 5.52. The van der Waals surface area contributed by atoms with Gasteiger partial charge in [-0.2, -0.15) is 5.10 Å². The van der Waals surface area contributed by atoms with Gasteiger partial charge in [-0.05, 0) is 36.9 Å². The summed E-state index contributed by atoms with van der Waals surface area (Å²) in [6.45, 7) is 10.4. The zero-order valence-corrected chi connectivity index (χ0v) is 14.1. The molecule has 120 valence electrons. The molecule has 6 heteroatoms. The van der Waals surface area contributed by atoms with E-state index in [2.05, 4.69) is 29.7 Å². The van der Waals surface area contributed by atoms with Gasteiger partial charge in [0.1, 0.15) is 13.1 Å². The van der Waals surface area contributed by atoms with Crippen molar-refractivity contribution < 1.29 is 9.64 Å². The average Bonchev–Trinajstić information content (AvgIpc) is 2.48. The minimum Gasteiger partial charge on any atom is -0.370 e. The Labute approximate surface area is 133 Å². The highest BCUT2D eigenvalue weighted by Gasteiger charge is 2.22. The fourth-order valence-electron chi connectivity index (χ4n) is 3.15. The molecule has 1 saturated heterocycles. The Morgan fingerprint density at radius 1 is 1.29 bits per heavy atom. The van der Waals surface area contributed by atoms with E-state index in [1.807, 2.05) is 0 Å². The molecule has 5 nitrogen and oxygen atoms in total. The van der Waals surface area contributed by atoms with Crippen LogP contribution >= 0.6 is 12.2 Å². The average molecular weight is 313 g/mol. The molecule has 0 bridgehead atoms. The molecule has 0 radical (unpaired) electrons. The van der Waals surface area contributed by atoms with Gasteiger partial charge in [-0.15, -0.1) is 0 Å². The molecule has 2 aliphatic rings. The van der Waals surface area contributed by atoms with Crippen molar-refractivity contribution in [3.8, 4) is 0 Å². The summed E-state index contributed by atoms with van der Waals surface area (Å²) < 4.78 is 5.36. The number of hydrogen-bond donors (Lipinski definition) is 3. The van der Waals surface area contributed by atoms with Crippen molar-refractivity contribution >= 4 is 23.0 Å². The molecule has 1 aliphatic heterocycles. The van der Waals surface area contributed by atoms with Crippen LogP contribution in [0.3, 0.4) is 0 Å². The first-order valence-electron chi connectivity index (χ1n) is 8.19. The fourth-order valence-corrected chi connectivity index (χ4v) is 3.30. The molecule has 0 aromatic carbocycles. The van der Waals surface area contributed by atoms with Gasteiger partial charge < -0.3 is 15.0 Å². The van der Waals surface area contributed by atoms with Crippen molar-refractivity contribution in [1.29, 1.82) is 0 Å². The number of thiocarbonyl (C=S) groups is 1. The molecule has 0 spiro atoms. The van der Waals surface area contributed by atoms with Crippen LogP contribution in [0.4, 0.5) is 0 Å². The molecule has 0 aromatic rings. The monoisotopic (exact) mass is 313 g/mol. The zero-order chi connectivity index (χ0) is 15.1. The number of ether oxygens (including phenoxy) is 1. The number of quaternary nitrogens is 1. The van der Waals surface area contributed by atoms with Gasteiger partial charge in [0, 0.05) is 5.71 Å². The van der Waals surface area contributed by atoms with E-state index in [9.17, 15) is 0 Å². The number of hydrogen-bond acceptors (Lipinski definition) is 3. The Balaban J connectivity index is 1.66. The van der Waals surface area contributed by atoms with Gasteiger partial charge >= 0.3 is 0 Å². The summed E-state index contributed by atoms with van der Waals surface area (Å²) in [7, 11) is 0. The van der Waals surface area contributed by atoms with Crippen molar-refractivity contribution in [2.45, 2.75) is 33.1 Å². The van der Waals surface area contributed by atoms with Crippen LogP contribution in [-0.4, -0.2) is 50.2 Å². The summed E-state index contributed by atoms with van der Waals surface area (Å²) in [5, 5.41) is 8.44. The van der Waals surface area contributed by atoms with E-state index in [0.29, 0.717) is 16.9 Å². The van der Waals surface area contributed by atoms with Gasteiger partial charge in [-0.3, -0.25) is 5.43 Å². The van der Waals surface area contributed by atoms with Crippen LogP contribution in [0.25, 0.3) is 0 Å². The second-order valence-corrected chi connectivity index (χ2v) is 6.66. The van der Waals surface area contributed by atoms with Gasteiger partial charge in [0.25, 0.3) is 0 Å². The van der Waals surface area contributed by atoms with Gasteiger partial charge in [0.2, 0.25) is 0 Å². The first kappa shape index (κ1) is 16.6. The predicted octanol–water partition coefficient (Wildman–Crippen LogP) is 0.178. The quantitative estimate of drug-likeness (QED) is 0.512. The van der Waals surface area contributed by atoms with Crippen LogP contribution in [0.5, 0.6) is 0 Å². The van der Waals surface area contributed by atoms with E-state index < -0.39 is 0 Å². The smallest absolute Gasteiger partial charge is 0.187 e. The lowest BCUT2D eigenvalue weighted by atomic mass is 9.81. The highest BCUT2D eigenvalue weighted by atomic mass is 32.1. The Morgan fingerprint density at radius 2 is 1.95 bits per heavy atom. The first-order chi connectivity index (χ1) is 10.2. The summed E-state index contributed by atoms with van der Waals surface area (Å²) >= 11 is 5.30. The van der Waals surface area contributed by atoms with Crippen molar-refractivity contribution in [2.75, 3.05) is 39.4 Å². The minimum absolute atomic E-state index is 0.571. The number of hydrazone groups is 1. The number of nitrogens with zero attached hydrogens (tertiary/aromatic N) is 1. The van der Waals surface area contributed by atoms with Gasteiger partial charge in [-0.25, -0.2) is 0 Å². The SMILES string of the molecule is C[C@@H]1CCC[C@H](C)C1=NNC(=S)NCC[NH+]1CCOCC1. The van der Waals surface area contributed by atoms with Crippen molar-refractivity contribution in [2.24, 2.45) is 16.9 Å². The molecule has 0 unspecified atom stereocenters. The summed E-state index contributed by atoms with van der Waals surface area (Å²) in [5.41, 5.74) is 4.29. The molecule has 1 saturated carbocycles. The van der Waals surface area contributed by atoms with Crippen LogP contribution in [0.15, 0.2) is 5.10 Å². The van der Waals surface area contributed by atoms with E-state index in [1.165, 1.54) is 25.0 Å². The Bertz CT molecular complexity index is 357. The predicted molar refractivity (Wildman–Crippen MR) is 89.7 cm³/mol. The van der Waals surface area contributed by atoms with Crippen molar-refractivity contribution in [1.82, 2.24) is 10.7 Å². The maximum absolute atomic E-state index is 5.36. The van der Waals surface area contributed by atoms with Crippen molar-refractivity contribution in [3.05, 3.63) is 0 Å². The minimum atomic E-state index is 0.571. The molecule has 0 amide bonds. The number of morpholine rings is 1.